The molecule has 2 heterocycles. The van der Waals surface area contributed by atoms with Crippen molar-refractivity contribution in [3.63, 3.8) is 0 Å². The van der Waals surface area contributed by atoms with E-state index in [0.717, 1.165) is 0 Å². The fourth-order valence-electron chi connectivity index (χ4n) is 3.08. The third kappa shape index (κ3) is 3.92. The van der Waals surface area contributed by atoms with Crippen molar-refractivity contribution in [2.24, 2.45) is 0 Å². The summed E-state index contributed by atoms with van der Waals surface area (Å²) >= 11 is 0. The number of anilines is 1. The lowest BCUT2D eigenvalue weighted by atomic mass is 9.96. The van der Waals surface area contributed by atoms with Crippen LogP contribution in [0.5, 0.6) is 0 Å². The molecule has 1 aromatic rings. The molecule has 3 rings (SSSR count). The maximum absolute atomic E-state index is 12.6. The Kier molecular flexibility index (Phi) is 5.53. The Bertz CT molecular complexity index is 734. The largest absolute Gasteiger partial charge is 0.349 e. The molecule has 2 N–H and O–H groups in total. The van der Waals surface area contributed by atoms with Crippen molar-refractivity contribution in [2.75, 3.05) is 37.6 Å². The van der Waals surface area contributed by atoms with Gasteiger partial charge in [-0.25, -0.2) is 8.42 Å². The quantitative estimate of drug-likeness (QED) is 0.486. The van der Waals surface area contributed by atoms with Gasteiger partial charge in [-0.3, -0.25) is 4.79 Å². The van der Waals surface area contributed by atoms with Crippen LogP contribution in [0.2, 0.25) is 0 Å². The highest BCUT2D eigenvalue weighted by atomic mass is 32.2. The average Bonchev–Trinajstić information content (AvgIpc) is 3.01. The highest BCUT2D eigenvalue weighted by molar-refractivity contribution is 7.89. The molecule has 2 fully saturated rings. The number of piperazine rings is 1. The summed E-state index contributed by atoms with van der Waals surface area (Å²) in [4.78, 5) is 24.3. The fraction of sp³-hybridized carbons (Fsp3) is 0.467. The molecule has 0 saturated carbocycles. The van der Waals surface area contributed by atoms with Gasteiger partial charge in [0.1, 0.15) is 0 Å². The van der Waals surface area contributed by atoms with Gasteiger partial charge in [0.2, 0.25) is 15.9 Å². The number of benzene rings is 1. The van der Waals surface area contributed by atoms with E-state index in [1.54, 1.807) is 17.0 Å². The molecule has 1 unspecified atom stereocenters. The van der Waals surface area contributed by atoms with E-state index in [4.69, 9.17) is 0 Å². The maximum Gasteiger partial charge on any atom is 0.290 e. The summed E-state index contributed by atoms with van der Waals surface area (Å²) in [6, 6.07) is 6.26. The maximum atomic E-state index is 12.6. The van der Waals surface area contributed by atoms with Crippen molar-refractivity contribution in [1.82, 2.24) is 14.8 Å². The number of carbonyl (C=O) groups is 2. The minimum Gasteiger partial charge on any atom is -0.349 e. The van der Waals surface area contributed by atoms with Gasteiger partial charge < -0.3 is 20.2 Å². The zero-order chi connectivity index (χ0) is 17.9. The number of hydrogen-bond acceptors (Lipinski definition) is 6. The minimum atomic E-state index is -3.50. The number of rotatable bonds is 6. The van der Waals surface area contributed by atoms with Crippen LogP contribution in [0.4, 0.5) is 5.69 Å². The smallest absolute Gasteiger partial charge is 0.290 e. The van der Waals surface area contributed by atoms with E-state index in [1.165, 1.54) is 23.9 Å². The van der Waals surface area contributed by atoms with Crippen molar-refractivity contribution >= 4 is 35.2 Å². The number of carbonyl (C=O) groups excluding carboxylic acids is 2. The van der Waals surface area contributed by atoms with E-state index < -0.39 is 10.0 Å². The molecule has 2 aliphatic rings. The van der Waals surface area contributed by atoms with E-state index in [-0.39, 0.29) is 16.8 Å². The zero-order valence-electron chi connectivity index (χ0n) is 13.7. The second kappa shape index (κ2) is 7.65. The van der Waals surface area contributed by atoms with Crippen LogP contribution in [-0.4, -0.2) is 71.0 Å². The highest BCUT2D eigenvalue weighted by Gasteiger charge is 2.31. The molecule has 25 heavy (non-hydrogen) atoms. The predicted molar refractivity (Wildman–Crippen MR) is 94.5 cm³/mol. The van der Waals surface area contributed by atoms with Crippen LogP contribution in [-0.2, 0) is 19.6 Å². The Hall–Kier alpha value is -1.75. The van der Waals surface area contributed by atoms with Gasteiger partial charge in [0.25, 0.3) is 7.41 Å². The normalized spacial score (nSPS) is 22.2. The van der Waals surface area contributed by atoms with Gasteiger partial charge in [-0.1, -0.05) is 0 Å². The van der Waals surface area contributed by atoms with Gasteiger partial charge in [0.05, 0.1) is 11.1 Å². The number of amides is 1. The van der Waals surface area contributed by atoms with Crippen LogP contribution in [0.15, 0.2) is 29.2 Å². The third-order valence-corrected chi connectivity index (χ3v) is 6.30. The van der Waals surface area contributed by atoms with E-state index in [1.807, 2.05) is 0 Å². The second-order valence-corrected chi connectivity index (χ2v) is 7.96. The summed E-state index contributed by atoms with van der Waals surface area (Å²) in [5.74, 6) is -0.0606. The van der Waals surface area contributed by atoms with E-state index in [2.05, 4.69) is 10.5 Å². The van der Waals surface area contributed by atoms with Crippen molar-refractivity contribution in [1.29, 1.82) is 0 Å². The van der Waals surface area contributed by atoms with Crippen LogP contribution < -0.4 is 15.4 Å². The van der Waals surface area contributed by atoms with Crippen molar-refractivity contribution in [3.8, 4) is 0 Å². The third-order valence-electron chi connectivity index (χ3n) is 4.39. The molecule has 1 aromatic carbocycles. The molecule has 2 saturated heterocycles. The van der Waals surface area contributed by atoms with Crippen LogP contribution in [0.3, 0.4) is 0 Å². The summed E-state index contributed by atoms with van der Waals surface area (Å²) in [5.41, 5.74) is 0.652. The first-order chi connectivity index (χ1) is 12.0. The second-order valence-electron chi connectivity index (χ2n) is 6.02. The fourth-order valence-corrected chi connectivity index (χ4v) is 4.52. The molecule has 10 heteroatoms. The molecule has 0 aromatic heterocycles. The van der Waals surface area contributed by atoms with Crippen LogP contribution in [0, 0.1) is 0 Å². The van der Waals surface area contributed by atoms with Crippen LogP contribution in [0.25, 0.3) is 0 Å². The average molecular weight is 363 g/mol. The Morgan fingerprint density at radius 3 is 2.52 bits per heavy atom. The van der Waals surface area contributed by atoms with Crippen molar-refractivity contribution in [3.05, 3.63) is 24.3 Å². The van der Waals surface area contributed by atoms with Gasteiger partial charge in [-0.15, -0.1) is 0 Å². The van der Waals surface area contributed by atoms with Crippen LogP contribution >= 0.6 is 0 Å². The number of nitrogens with one attached hydrogen (secondary N) is 2. The lowest BCUT2D eigenvalue weighted by Crippen LogP contribution is -2.46. The van der Waals surface area contributed by atoms with E-state index >= 15 is 0 Å². The predicted octanol–water partition coefficient (Wildman–Crippen LogP) is -1.22. The van der Waals surface area contributed by atoms with Gasteiger partial charge in [-0.05, 0) is 24.3 Å². The molecule has 1 atom stereocenters. The lowest BCUT2D eigenvalue weighted by Gasteiger charge is -2.26. The van der Waals surface area contributed by atoms with Crippen LogP contribution in [0.1, 0.15) is 6.42 Å². The first-order valence-electron chi connectivity index (χ1n) is 8.16. The molecular weight excluding hydrogens is 343 g/mol. The minimum absolute atomic E-state index is 0.0606. The molecule has 1 amide bonds. The Labute approximate surface area is 147 Å². The molecule has 1 radical (unpaired) electrons. The van der Waals surface area contributed by atoms with Gasteiger partial charge in [-0.2, -0.15) is 4.31 Å². The topological polar surface area (TPSA) is 98.8 Å². The zero-order valence-corrected chi connectivity index (χ0v) is 14.5. The Balaban J connectivity index is 1.72. The summed E-state index contributed by atoms with van der Waals surface area (Å²) in [7, 11) is -2.22. The Morgan fingerprint density at radius 2 is 1.88 bits per heavy atom. The summed E-state index contributed by atoms with van der Waals surface area (Å²) in [6.07, 6.45) is 0.939. The molecule has 0 spiro atoms. The standard InChI is InChI=1S/C15H20BN4O4S/c21-11-16-18-12-9-15(22)20(10-12)13-1-3-14(4-2-13)25(23,24)19-7-5-17-6-8-19/h1-4,11-12,17-18H,5-10H2. The lowest BCUT2D eigenvalue weighted by molar-refractivity contribution is -0.117. The molecule has 133 valence electrons. The number of sulfonamides is 1. The Morgan fingerprint density at radius 1 is 1.20 bits per heavy atom. The SMILES string of the molecule is O=C[B]NC1CC(=O)N(c2ccc(S(=O)(=O)N3CCNCC3)cc2)C1. The molecule has 8 nitrogen and oxygen atoms in total. The number of nitrogens with zero attached hydrogens (tertiary/aromatic N) is 2. The van der Waals surface area contributed by atoms with E-state index in [9.17, 15) is 18.0 Å². The van der Waals surface area contributed by atoms with Gasteiger partial charge in [0, 0.05) is 50.9 Å². The van der Waals surface area contributed by atoms with Gasteiger partial charge >= 0.3 is 0 Å². The molecule has 2 aliphatic heterocycles. The summed E-state index contributed by atoms with van der Waals surface area (Å²) in [6.45, 7) is 2.63. The van der Waals surface area contributed by atoms with E-state index in [0.29, 0.717) is 51.0 Å². The first kappa shape index (κ1) is 18.1. The van der Waals surface area contributed by atoms with Crippen molar-refractivity contribution in [2.45, 2.75) is 17.4 Å². The number of hydrogen-bond donors (Lipinski definition) is 2. The summed E-state index contributed by atoms with van der Waals surface area (Å²) < 4.78 is 26.7. The summed E-state index contributed by atoms with van der Waals surface area (Å²) in [5, 5.41) is 6.00. The monoisotopic (exact) mass is 363 g/mol. The van der Waals surface area contributed by atoms with Crippen molar-refractivity contribution < 1.29 is 18.0 Å². The molecule has 0 bridgehead atoms. The molecular formula is C15H20BN4O4S. The van der Waals surface area contributed by atoms with Gasteiger partial charge in [0.15, 0.2) is 0 Å². The highest BCUT2D eigenvalue weighted by Crippen LogP contribution is 2.24. The molecule has 0 aliphatic carbocycles. The first-order valence-corrected chi connectivity index (χ1v) is 9.61.